The summed E-state index contributed by atoms with van der Waals surface area (Å²) >= 11 is 0. The van der Waals surface area contributed by atoms with E-state index >= 15 is 0 Å². The van der Waals surface area contributed by atoms with E-state index < -0.39 is 0 Å². The third-order valence-electron chi connectivity index (χ3n) is 9.46. The van der Waals surface area contributed by atoms with Crippen molar-refractivity contribution in [3.05, 3.63) is 170 Å². The average Bonchev–Trinajstić information content (AvgIpc) is 3.74. The molecule has 5 nitrogen and oxygen atoms in total. The number of rotatable bonds is 5. The van der Waals surface area contributed by atoms with Crippen molar-refractivity contribution in [1.29, 1.82) is 0 Å². The second-order valence-electron chi connectivity index (χ2n) is 12.5. The molecule has 7 aromatic carbocycles. The van der Waals surface area contributed by atoms with Gasteiger partial charge in [0, 0.05) is 38.4 Å². The van der Waals surface area contributed by atoms with E-state index in [9.17, 15) is 0 Å². The Hall–Kier alpha value is -6.85. The highest BCUT2D eigenvalue weighted by Gasteiger charge is 2.19. The number of nitrogens with zero attached hydrogens (tertiary/aromatic N) is 4. The Morgan fingerprint density at radius 3 is 1.70 bits per heavy atom. The number of benzene rings is 7. The van der Waals surface area contributed by atoms with Crippen LogP contribution in [0.5, 0.6) is 0 Å². The molecule has 0 saturated heterocycles. The van der Waals surface area contributed by atoms with Crippen molar-refractivity contribution >= 4 is 43.7 Å². The molecular weight excluding hydrogens is 613 g/mol. The fourth-order valence-electron chi connectivity index (χ4n) is 7.09. The minimum atomic E-state index is 0.568. The molecule has 0 aliphatic rings. The molecular formula is C45H28N4O. The van der Waals surface area contributed by atoms with Gasteiger partial charge < -0.3 is 8.98 Å². The Kier molecular flexibility index (Phi) is 6.42. The highest BCUT2D eigenvalue weighted by molar-refractivity contribution is 6.12. The van der Waals surface area contributed by atoms with Gasteiger partial charge in [-0.3, -0.25) is 0 Å². The van der Waals surface area contributed by atoms with Crippen LogP contribution in [0.2, 0.25) is 0 Å². The summed E-state index contributed by atoms with van der Waals surface area (Å²) in [7, 11) is 0. The molecule has 0 unspecified atom stereocenters. The smallest absolute Gasteiger partial charge is 0.167 e. The summed E-state index contributed by atoms with van der Waals surface area (Å²) in [5.74, 6) is 1.80. The van der Waals surface area contributed by atoms with Crippen molar-refractivity contribution < 1.29 is 4.42 Å². The molecule has 0 aliphatic carbocycles. The van der Waals surface area contributed by atoms with Gasteiger partial charge in [0.1, 0.15) is 11.2 Å². The molecule has 0 fully saturated rings. The Balaban J connectivity index is 1.17. The molecule has 3 heterocycles. The lowest BCUT2D eigenvalue weighted by atomic mass is 10.0. The van der Waals surface area contributed by atoms with Gasteiger partial charge in [0.2, 0.25) is 0 Å². The van der Waals surface area contributed by atoms with Crippen molar-refractivity contribution in [2.45, 2.75) is 0 Å². The van der Waals surface area contributed by atoms with Crippen LogP contribution in [-0.2, 0) is 0 Å². The van der Waals surface area contributed by atoms with Crippen LogP contribution in [0.1, 0.15) is 0 Å². The maximum Gasteiger partial charge on any atom is 0.167 e. The van der Waals surface area contributed by atoms with Crippen molar-refractivity contribution in [3.63, 3.8) is 0 Å². The van der Waals surface area contributed by atoms with Crippen molar-refractivity contribution in [2.75, 3.05) is 0 Å². The first-order valence-electron chi connectivity index (χ1n) is 16.7. The predicted octanol–water partition coefficient (Wildman–Crippen LogP) is 11.5. The minimum Gasteiger partial charge on any atom is -0.455 e. The Morgan fingerprint density at radius 2 is 0.980 bits per heavy atom. The first-order valence-corrected chi connectivity index (χ1v) is 16.7. The Morgan fingerprint density at radius 1 is 0.380 bits per heavy atom. The summed E-state index contributed by atoms with van der Waals surface area (Å²) in [6.07, 6.45) is 0. The minimum absolute atomic E-state index is 0.568. The summed E-state index contributed by atoms with van der Waals surface area (Å²) in [6, 6.07) is 58.7. The van der Waals surface area contributed by atoms with Crippen LogP contribution in [0.3, 0.4) is 0 Å². The molecule has 0 spiro atoms. The molecule has 0 amide bonds. The summed E-state index contributed by atoms with van der Waals surface area (Å²) in [4.78, 5) is 14.9. The predicted molar refractivity (Wildman–Crippen MR) is 203 cm³/mol. The Labute approximate surface area is 287 Å². The Bertz CT molecular complexity index is 2800. The number of hydrogen-bond donors (Lipinski definition) is 0. The van der Waals surface area contributed by atoms with E-state index in [1.54, 1.807) is 0 Å². The molecule has 5 heteroatoms. The van der Waals surface area contributed by atoms with Crippen LogP contribution >= 0.6 is 0 Å². The highest BCUT2D eigenvalue weighted by Crippen LogP contribution is 2.39. The largest absolute Gasteiger partial charge is 0.455 e. The molecule has 50 heavy (non-hydrogen) atoms. The van der Waals surface area contributed by atoms with E-state index in [1.807, 2.05) is 66.7 Å². The zero-order valence-electron chi connectivity index (χ0n) is 26.9. The van der Waals surface area contributed by atoms with E-state index in [2.05, 4.69) is 108 Å². The number of fused-ring (bicyclic) bond motifs is 6. The fourth-order valence-corrected chi connectivity index (χ4v) is 7.09. The van der Waals surface area contributed by atoms with E-state index in [-0.39, 0.29) is 0 Å². The number of para-hydroxylation sites is 2. The summed E-state index contributed by atoms with van der Waals surface area (Å²) in [5.41, 5.74) is 10.00. The van der Waals surface area contributed by atoms with Gasteiger partial charge in [-0.2, -0.15) is 0 Å². The van der Waals surface area contributed by atoms with Crippen LogP contribution in [0.25, 0.3) is 94.7 Å². The van der Waals surface area contributed by atoms with Crippen LogP contribution in [-0.4, -0.2) is 19.5 Å². The maximum atomic E-state index is 6.64. The van der Waals surface area contributed by atoms with Gasteiger partial charge in [-0.1, -0.05) is 133 Å². The molecule has 0 radical (unpaired) electrons. The van der Waals surface area contributed by atoms with E-state index in [4.69, 9.17) is 19.4 Å². The molecule has 0 aliphatic heterocycles. The van der Waals surface area contributed by atoms with Gasteiger partial charge in [-0.15, -0.1) is 0 Å². The number of aromatic nitrogens is 4. The molecule has 0 saturated carbocycles. The lowest BCUT2D eigenvalue weighted by Crippen LogP contribution is -2.00. The quantitative estimate of drug-likeness (QED) is 0.188. The van der Waals surface area contributed by atoms with Gasteiger partial charge in [0.25, 0.3) is 0 Å². The first-order chi connectivity index (χ1) is 24.8. The van der Waals surface area contributed by atoms with Gasteiger partial charge >= 0.3 is 0 Å². The zero-order chi connectivity index (χ0) is 33.0. The van der Waals surface area contributed by atoms with Crippen molar-refractivity contribution in [1.82, 2.24) is 19.5 Å². The molecule has 234 valence electrons. The van der Waals surface area contributed by atoms with Crippen LogP contribution in [0, 0.1) is 0 Å². The lowest BCUT2D eigenvalue weighted by molar-refractivity contribution is 0.669. The maximum absolute atomic E-state index is 6.64. The highest BCUT2D eigenvalue weighted by atomic mass is 16.3. The SMILES string of the molecule is c1ccc(-c2ccc3c4ccccc4n(-c4ccc5oc6c(-c7nc(-c8ccccc8)nc(-c8ccccc8)n7)cccc6c5c4)c3c2)cc1. The number of furan rings is 1. The molecule has 0 bridgehead atoms. The normalized spacial score (nSPS) is 11.6. The summed E-state index contributed by atoms with van der Waals surface area (Å²) < 4.78 is 9.01. The second-order valence-corrected chi connectivity index (χ2v) is 12.5. The monoisotopic (exact) mass is 640 g/mol. The average molecular weight is 641 g/mol. The van der Waals surface area contributed by atoms with Gasteiger partial charge in [0.15, 0.2) is 17.5 Å². The molecule has 0 atom stereocenters. The standard InChI is InChI=1S/C45H28N4O/c1-4-13-29(14-5-1)32-23-25-35-34-19-10-11-22-39(34)49(40(35)27-32)33-24-26-41-38(28-33)36-20-12-21-37(42(36)50-41)45-47-43(30-15-6-2-7-16-30)46-44(48-45)31-17-8-3-9-18-31/h1-28H. The summed E-state index contributed by atoms with van der Waals surface area (Å²) in [5, 5.41) is 4.48. The lowest BCUT2D eigenvalue weighted by Gasteiger charge is -2.09. The van der Waals surface area contributed by atoms with E-state index in [0.717, 1.165) is 55.3 Å². The van der Waals surface area contributed by atoms with Crippen LogP contribution in [0.15, 0.2) is 174 Å². The first kappa shape index (κ1) is 28.2. The molecule has 10 aromatic rings. The van der Waals surface area contributed by atoms with E-state index in [1.165, 1.54) is 21.9 Å². The summed E-state index contributed by atoms with van der Waals surface area (Å²) in [6.45, 7) is 0. The zero-order valence-corrected chi connectivity index (χ0v) is 26.9. The van der Waals surface area contributed by atoms with Crippen molar-refractivity contribution in [2.24, 2.45) is 0 Å². The third-order valence-corrected chi connectivity index (χ3v) is 9.46. The van der Waals surface area contributed by atoms with E-state index in [0.29, 0.717) is 17.5 Å². The van der Waals surface area contributed by atoms with Crippen LogP contribution in [0.4, 0.5) is 0 Å². The molecule has 10 rings (SSSR count). The van der Waals surface area contributed by atoms with Gasteiger partial charge in [-0.25, -0.2) is 15.0 Å². The van der Waals surface area contributed by atoms with Gasteiger partial charge in [0.05, 0.1) is 16.6 Å². The van der Waals surface area contributed by atoms with Crippen molar-refractivity contribution in [3.8, 4) is 51.0 Å². The topological polar surface area (TPSA) is 56.7 Å². The fraction of sp³-hybridized carbons (Fsp3) is 0. The van der Waals surface area contributed by atoms with Gasteiger partial charge in [-0.05, 0) is 47.5 Å². The van der Waals surface area contributed by atoms with Crippen LogP contribution < -0.4 is 0 Å². The molecule has 3 aromatic heterocycles. The number of hydrogen-bond acceptors (Lipinski definition) is 4. The second kappa shape index (κ2) is 11.4. The molecule has 0 N–H and O–H groups in total. The third kappa shape index (κ3) is 4.60.